The van der Waals surface area contributed by atoms with E-state index in [4.69, 9.17) is 16.3 Å². The van der Waals surface area contributed by atoms with E-state index in [1.165, 1.54) is 12.8 Å². The number of carbonyl (C=O) groups excluding carboxylic acids is 1. The van der Waals surface area contributed by atoms with Crippen LogP contribution in [0.15, 0.2) is 0 Å². The molecule has 0 bridgehead atoms. The van der Waals surface area contributed by atoms with Crippen LogP contribution in [0.1, 0.15) is 52.4 Å². The standard InChI is InChI=1S/C11H21ClO2/c1-3-4-5-6-9-14-11(13)8-7-10(2)12/h10H,3-9H2,1-2H3. The van der Waals surface area contributed by atoms with E-state index in [1.54, 1.807) is 0 Å². The maximum Gasteiger partial charge on any atom is 0.305 e. The van der Waals surface area contributed by atoms with Gasteiger partial charge in [0.2, 0.25) is 0 Å². The lowest BCUT2D eigenvalue weighted by molar-refractivity contribution is -0.143. The molecule has 0 rings (SSSR count). The summed E-state index contributed by atoms with van der Waals surface area (Å²) in [5.74, 6) is -0.117. The summed E-state index contributed by atoms with van der Waals surface area (Å²) in [6.45, 7) is 4.61. The summed E-state index contributed by atoms with van der Waals surface area (Å²) in [5, 5.41) is 0.0580. The lowest BCUT2D eigenvalue weighted by atomic mass is 10.2. The minimum atomic E-state index is -0.117. The Morgan fingerprint density at radius 1 is 1.36 bits per heavy atom. The highest BCUT2D eigenvalue weighted by atomic mass is 35.5. The predicted molar refractivity (Wildman–Crippen MR) is 59.7 cm³/mol. The van der Waals surface area contributed by atoms with Crippen LogP contribution in [0.3, 0.4) is 0 Å². The van der Waals surface area contributed by atoms with Crippen molar-refractivity contribution in [1.29, 1.82) is 0 Å². The Morgan fingerprint density at radius 2 is 2.07 bits per heavy atom. The summed E-state index contributed by atoms with van der Waals surface area (Å²) in [4.78, 5) is 11.1. The fourth-order valence-electron chi connectivity index (χ4n) is 1.10. The smallest absolute Gasteiger partial charge is 0.305 e. The van der Waals surface area contributed by atoms with Crippen LogP contribution >= 0.6 is 11.6 Å². The van der Waals surface area contributed by atoms with Gasteiger partial charge in [0.15, 0.2) is 0 Å². The minimum Gasteiger partial charge on any atom is -0.466 e. The van der Waals surface area contributed by atoms with Gasteiger partial charge >= 0.3 is 5.97 Å². The number of hydrogen-bond acceptors (Lipinski definition) is 2. The fourth-order valence-corrected chi connectivity index (χ4v) is 1.21. The van der Waals surface area contributed by atoms with E-state index in [0.29, 0.717) is 19.4 Å². The molecule has 0 aromatic rings. The van der Waals surface area contributed by atoms with Crippen molar-refractivity contribution >= 4 is 17.6 Å². The van der Waals surface area contributed by atoms with Crippen LogP contribution in [-0.2, 0) is 9.53 Å². The Labute approximate surface area is 92.0 Å². The molecule has 0 saturated heterocycles. The van der Waals surface area contributed by atoms with Gasteiger partial charge in [-0.15, -0.1) is 11.6 Å². The van der Waals surface area contributed by atoms with Gasteiger partial charge < -0.3 is 4.74 Å². The van der Waals surface area contributed by atoms with Gasteiger partial charge in [0, 0.05) is 11.8 Å². The average molecular weight is 221 g/mol. The first-order chi connectivity index (χ1) is 6.66. The highest BCUT2D eigenvalue weighted by Crippen LogP contribution is 2.05. The molecule has 0 aliphatic heterocycles. The number of ether oxygens (including phenoxy) is 1. The van der Waals surface area contributed by atoms with Gasteiger partial charge in [-0.1, -0.05) is 26.2 Å². The molecule has 0 amide bonds. The molecular formula is C11H21ClO2. The summed E-state index contributed by atoms with van der Waals surface area (Å²) < 4.78 is 5.04. The Balaban J connectivity index is 3.18. The third kappa shape index (κ3) is 9.85. The first-order valence-corrected chi connectivity index (χ1v) is 5.90. The van der Waals surface area contributed by atoms with Crippen molar-refractivity contribution in [1.82, 2.24) is 0 Å². The summed E-state index contributed by atoms with van der Waals surface area (Å²) in [7, 11) is 0. The van der Waals surface area contributed by atoms with Crippen LogP contribution in [0, 0.1) is 0 Å². The van der Waals surface area contributed by atoms with Gasteiger partial charge in [-0.05, 0) is 19.8 Å². The second-order valence-electron chi connectivity index (χ2n) is 3.60. The maximum atomic E-state index is 11.1. The lowest BCUT2D eigenvalue weighted by Crippen LogP contribution is -2.07. The van der Waals surface area contributed by atoms with Crippen molar-refractivity contribution in [2.75, 3.05) is 6.61 Å². The van der Waals surface area contributed by atoms with Crippen LogP contribution in [0.4, 0.5) is 0 Å². The van der Waals surface area contributed by atoms with Crippen LogP contribution < -0.4 is 0 Å². The summed E-state index contributed by atoms with van der Waals surface area (Å²) >= 11 is 5.72. The number of esters is 1. The summed E-state index contributed by atoms with van der Waals surface area (Å²) in [6, 6.07) is 0. The van der Waals surface area contributed by atoms with E-state index in [1.807, 2.05) is 6.92 Å². The normalized spacial score (nSPS) is 12.5. The Kier molecular flexibility index (Phi) is 9.16. The zero-order valence-corrected chi connectivity index (χ0v) is 9.98. The van der Waals surface area contributed by atoms with Crippen molar-refractivity contribution in [3.63, 3.8) is 0 Å². The van der Waals surface area contributed by atoms with Gasteiger partial charge in [-0.3, -0.25) is 4.79 Å². The molecule has 0 aliphatic carbocycles. The maximum absolute atomic E-state index is 11.1. The number of rotatable bonds is 8. The highest BCUT2D eigenvalue weighted by Gasteiger charge is 2.04. The second kappa shape index (κ2) is 9.32. The highest BCUT2D eigenvalue weighted by molar-refractivity contribution is 6.20. The van der Waals surface area contributed by atoms with Gasteiger partial charge in [-0.25, -0.2) is 0 Å². The molecule has 1 atom stereocenters. The molecule has 14 heavy (non-hydrogen) atoms. The molecule has 0 spiro atoms. The van der Waals surface area contributed by atoms with Gasteiger partial charge in [0.05, 0.1) is 6.61 Å². The third-order valence-electron chi connectivity index (χ3n) is 2.01. The van der Waals surface area contributed by atoms with Gasteiger partial charge in [-0.2, -0.15) is 0 Å². The SMILES string of the molecule is CCCCCCOC(=O)CCC(C)Cl. The van der Waals surface area contributed by atoms with Crippen LogP contribution in [-0.4, -0.2) is 18.0 Å². The zero-order chi connectivity index (χ0) is 10.8. The Hall–Kier alpha value is -0.240. The molecular weight excluding hydrogens is 200 g/mol. The van der Waals surface area contributed by atoms with Crippen LogP contribution in [0.2, 0.25) is 0 Å². The monoisotopic (exact) mass is 220 g/mol. The minimum absolute atomic E-state index is 0.0580. The zero-order valence-electron chi connectivity index (χ0n) is 9.22. The van der Waals surface area contributed by atoms with Crippen molar-refractivity contribution in [3.8, 4) is 0 Å². The van der Waals surface area contributed by atoms with Crippen LogP contribution in [0.5, 0.6) is 0 Å². The molecule has 0 fully saturated rings. The quantitative estimate of drug-likeness (QED) is 0.356. The molecule has 2 nitrogen and oxygen atoms in total. The molecule has 1 unspecified atom stereocenters. The summed E-state index contributed by atoms with van der Waals surface area (Å²) in [5.41, 5.74) is 0. The lowest BCUT2D eigenvalue weighted by Gasteiger charge is -2.05. The molecule has 0 saturated carbocycles. The molecule has 0 radical (unpaired) electrons. The second-order valence-corrected chi connectivity index (χ2v) is 4.35. The average Bonchev–Trinajstić information content (AvgIpc) is 2.14. The summed E-state index contributed by atoms with van der Waals surface area (Å²) in [6.07, 6.45) is 5.70. The molecule has 0 N–H and O–H groups in total. The van der Waals surface area contributed by atoms with E-state index in [-0.39, 0.29) is 11.3 Å². The largest absolute Gasteiger partial charge is 0.466 e. The topological polar surface area (TPSA) is 26.3 Å². The van der Waals surface area contributed by atoms with E-state index in [0.717, 1.165) is 12.8 Å². The van der Waals surface area contributed by atoms with Crippen molar-refractivity contribution in [3.05, 3.63) is 0 Å². The van der Waals surface area contributed by atoms with Crippen molar-refractivity contribution in [2.45, 2.75) is 57.7 Å². The number of alkyl halides is 1. The number of hydrogen-bond donors (Lipinski definition) is 0. The van der Waals surface area contributed by atoms with E-state index >= 15 is 0 Å². The first-order valence-electron chi connectivity index (χ1n) is 5.46. The van der Waals surface area contributed by atoms with Crippen LogP contribution in [0.25, 0.3) is 0 Å². The molecule has 84 valence electrons. The number of unbranched alkanes of at least 4 members (excludes halogenated alkanes) is 3. The Morgan fingerprint density at radius 3 is 2.64 bits per heavy atom. The number of halogens is 1. The van der Waals surface area contributed by atoms with Gasteiger partial charge in [0.1, 0.15) is 0 Å². The van der Waals surface area contributed by atoms with Crippen molar-refractivity contribution in [2.24, 2.45) is 0 Å². The fraction of sp³-hybridized carbons (Fsp3) is 0.909. The van der Waals surface area contributed by atoms with Crippen molar-refractivity contribution < 1.29 is 9.53 Å². The molecule has 0 heterocycles. The molecule has 3 heteroatoms. The number of carbonyl (C=O) groups is 1. The van der Waals surface area contributed by atoms with E-state index < -0.39 is 0 Å². The Bertz CT molecular complexity index is 146. The molecule has 0 aromatic heterocycles. The van der Waals surface area contributed by atoms with E-state index in [9.17, 15) is 4.79 Å². The van der Waals surface area contributed by atoms with Gasteiger partial charge in [0.25, 0.3) is 0 Å². The third-order valence-corrected chi connectivity index (χ3v) is 2.23. The first kappa shape index (κ1) is 13.8. The predicted octanol–water partition coefficient (Wildman–Crippen LogP) is 3.52. The molecule has 0 aromatic carbocycles. The van der Waals surface area contributed by atoms with E-state index in [2.05, 4.69) is 6.92 Å². The molecule has 0 aliphatic rings.